The van der Waals surface area contributed by atoms with E-state index in [1.807, 2.05) is 25.5 Å². The van der Waals surface area contributed by atoms with Gasteiger partial charge in [0, 0.05) is 168 Å². The lowest BCUT2D eigenvalue weighted by Gasteiger charge is -2.60. The van der Waals surface area contributed by atoms with E-state index in [-0.39, 0.29) is 65.8 Å². The van der Waals surface area contributed by atoms with Gasteiger partial charge in [-0.2, -0.15) is 13.2 Å². The highest BCUT2D eigenvalue weighted by atomic mass is 19.4. The number of aryl methyl sites for hydroxylation is 1. The zero-order valence-corrected chi connectivity index (χ0v) is 57.5. The molecule has 0 bridgehead atoms. The molecule has 1 aromatic carbocycles. The number of nitrogens with zero attached hydrogens (tertiary/aromatic N) is 6. The Hall–Kier alpha value is -4.00. The Balaban J connectivity index is 1.19. The number of aliphatic imine (C=N–C) groups is 1. The summed E-state index contributed by atoms with van der Waals surface area (Å²) in [6, 6.07) is 5.03. The number of fused-ring (bicyclic) bond motifs is 2. The van der Waals surface area contributed by atoms with E-state index >= 15 is 0 Å². The van der Waals surface area contributed by atoms with E-state index in [9.17, 15) is 22.4 Å². The highest BCUT2D eigenvalue weighted by molar-refractivity contribution is 5.95. The summed E-state index contributed by atoms with van der Waals surface area (Å²) in [5.74, 6) is 0.974. The monoisotopic (exact) mass is 1250 g/mol. The molecule has 89 heavy (non-hydrogen) atoms. The molecular weight excluding hydrogens is 1120 g/mol. The first-order chi connectivity index (χ1) is 42.5. The van der Waals surface area contributed by atoms with Crippen LogP contribution in [0.25, 0.3) is 0 Å². The van der Waals surface area contributed by atoms with Crippen LogP contribution in [0.2, 0.25) is 0 Å². The summed E-state index contributed by atoms with van der Waals surface area (Å²) in [7, 11) is 4.26. The number of rotatable bonds is 11. The van der Waals surface area contributed by atoms with Crippen molar-refractivity contribution in [2.45, 2.75) is 264 Å². The number of likely N-dealkylation sites (tertiary alicyclic amines) is 1. The van der Waals surface area contributed by atoms with Gasteiger partial charge in [0.05, 0.1) is 11.5 Å². The van der Waals surface area contributed by atoms with E-state index in [1.165, 1.54) is 68.8 Å². The molecule has 1 spiro atoms. The Kier molecular flexibility index (Phi) is 28.3. The molecule has 6 aliphatic rings. The highest BCUT2D eigenvalue weighted by Gasteiger charge is 2.55. The first kappa shape index (κ1) is 72.4. The molecule has 4 aliphatic heterocycles. The van der Waals surface area contributed by atoms with Crippen molar-refractivity contribution in [2.24, 2.45) is 34.6 Å². The van der Waals surface area contributed by atoms with Crippen LogP contribution in [0.5, 0.6) is 0 Å². The lowest BCUT2D eigenvalue weighted by molar-refractivity contribution is -0.162. The molecule has 2 saturated carbocycles. The number of alkyl halides is 3. The summed E-state index contributed by atoms with van der Waals surface area (Å²) in [6.45, 7) is 32.7. The molecule has 5 unspecified atom stereocenters. The summed E-state index contributed by atoms with van der Waals surface area (Å²) >= 11 is 0. The molecule has 3 saturated heterocycles. The van der Waals surface area contributed by atoms with E-state index in [1.54, 1.807) is 6.20 Å². The summed E-state index contributed by atoms with van der Waals surface area (Å²) in [6.07, 6.45) is 27.7. The molecule has 5 fully saturated rings. The zero-order valence-electron chi connectivity index (χ0n) is 57.5. The first-order valence-electron chi connectivity index (χ1n) is 35.4. The predicted molar refractivity (Wildman–Crippen MR) is 361 cm³/mol. The van der Waals surface area contributed by atoms with E-state index in [2.05, 4.69) is 152 Å². The maximum absolute atomic E-state index is 14.8. The number of hydrogen-bond acceptors (Lipinski definition) is 12. The minimum absolute atomic E-state index is 0.0571. The molecule has 4 heterocycles. The summed E-state index contributed by atoms with van der Waals surface area (Å²) in [4.78, 5) is 31.7. The van der Waals surface area contributed by atoms with Crippen molar-refractivity contribution < 1.29 is 22.4 Å². The third-order valence-electron chi connectivity index (χ3n) is 21.4. The van der Waals surface area contributed by atoms with Crippen LogP contribution in [-0.2, 0) is 17.4 Å². The number of nitrogens with one attached hydrogen (secondary N) is 6. The molecular formula is C72H122F4N12O. The topological polar surface area (TPSA) is 118 Å². The van der Waals surface area contributed by atoms with Crippen LogP contribution >= 0.6 is 0 Å². The summed E-state index contributed by atoms with van der Waals surface area (Å²) < 4.78 is 55.3. The Morgan fingerprint density at radius 3 is 2.20 bits per heavy atom. The van der Waals surface area contributed by atoms with Crippen LogP contribution in [0.15, 0.2) is 71.7 Å². The third-order valence-corrected chi connectivity index (χ3v) is 21.4. The number of benzene rings is 1. The van der Waals surface area contributed by atoms with E-state index in [0.29, 0.717) is 54.5 Å². The van der Waals surface area contributed by atoms with Crippen molar-refractivity contribution in [3.05, 3.63) is 83.6 Å². The first-order valence-corrected chi connectivity index (χ1v) is 35.4. The van der Waals surface area contributed by atoms with Gasteiger partial charge in [0.25, 0.3) is 0 Å². The predicted octanol–water partition coefficient (Wildman–Crippen LogP) is 12.8. The Bertz CT molecular complexity index is 2460. The molecule has 2 aliphatic carbocycles. The Morgan fingerprint density at radius 2 is 1.53 bits per heavy atom. The largest absolute Gasteiger partial charge is 0.419 e. The van der Waals surface area contributed by atoms with E-state index < -0.39 is 17.6 Å². The van der Waals surface area contributed by atoms with Crippen LogP contribution in [-0.4, -0.2) is 162 Å². The second-order valence-electron chi connectivity index (χ2n) is 29.1. The maximum Gasteiger partial charge on any atom is 0.419 e. The van der Waals surface area contributed by atoms with E-state index in [0.717, 1.165) is 121 Å². The fourth-order valence-electron chi connectivity index (χ4n) is 15.9. The molecule has 0 radical (unpaired) electrons. The second kappa shape index (κ2) is 34.8. The molecule has 0 aromatic heterocycles. The summed E-state index contributed by atoms with van der Waals surface area (Å²) in [5, 5.41) is 24.1. The van der Waals surface area contributed by atoms with Crippen LogP contribution in [0, 0.1) is 35.4 Å². The SMILES string of the molecule is CC[C@H](C)[C@H]1CN[C@@H](CC(C)C)C(C)NCC2[C@@H](C(=O)N3CCCCC3)C(C)N2[C@@H](C(C)C)C(C)NC2(CCCC2)CNCCNC=CC(CCc2ccc(C(F)(F)F)c(F)c2)=NC=CN(C)C=C(CC2CCCCC2)N(C)C=C2CCCN2[C@@H](C)C(C)N1. The van der Waals surface area contributed by atoms with Gasteiger partial charge >= 0.3 is 6.18 Å². The molecule has 11 atom stereocenters. The average Bonchev–Trinajstić information content (AvgIpc) is 1.38. The van der Waals surface area contributed by atoms with Gasteiger partial charge < -0.3 is 51.5 Å². The number of amides is 1. The van der Waals surface area contributed by atoms with Gasteiger partial charge in [-0.1, -0.05) is 99.0 Å². The molecule has 6 N–H and O–H groups in total. The van der Waals surface area contributed by atoms with Gasteiger partial charge in [0.15, 0.2) is 0 Å². The van der Waals surface area contributed by atoms with Crippen molar-refractivity contribution in [1.29, 1.82) is 0 Å². The lowest BCUT2D eigenvalue weighted by Crippen LogP contribution is -2.76. The lowest BCUT2D eigenvalue weighted by atomic mass is 9.74. The maximum atomic E-state index is 14.8. The zero-order chi connectivity index (χ0) is 64.4. The van der Waals surface area contributed by atoms with Crippen molar-refractivity contribution in [2.75, 3.05) is 66.5 Å². The number of carbonyl (C=O) groups is 1. The number of carbonyl (C=O) groups excluding carboxylic acids is 1. The molecule has 7 rings (SSSR count). The van der Waals surface area contributed by atoms with E-state index in [4.69, 9.17) is 4.99 Å². The third kappa shape index (κ3) is 20.7. The van der Waals surface area contributed by atoms with Gasteiger partial charge in [-0.25, -0.2) is 4.39 Å². The van der Waals surface area contributed by atoms with Crippen molar-refractivity contribution in [3.63, 3.8) is 0 Å². The van der Waals surface area contributed by atoms with Crippen LogP contribution in [0.1, 0.15) is 203 Å². The average molecular weight is 1250 g/mol. The number of hydrogen-bond donors (Lipinski definition) is 6. The molecule has 504 valence electrons. The minimum Gasteiger partial charge on any atom is -0.390 e. The fraction of sp³-hybridized carbons (Fsp3) is 0.778. The fourth-order valence-corrected chi connectivity index (χ4v) is 15.9. The molecule has 13 nitrogen and oxygen atoms in total. The van der Waals surface area contributed by atoms with Crippen LogP contribution in [0.3, 0.4) is 0 Å². The second-order valence-corrected chi connectivity index (χ2v) is 29.1. The molecule has 17 heteroatoms. The van der Waals surface area contributed by atoms with Gasteiger partial charge in [-0.05, 0) is 159 Å². The molecule has 1 aromatic rings. The van der Waals surface area contributed by atoms with Crippen LogP contribution in [0.4, 0.5) is 17.6 Å². The molecule has 1 amide bonds. The standard InChI is InChI=1S/C72H122F4N12O/c1-14-52(6)66-45-81-65(42-50(2)3)54(8)80-46-67-68(70(89)86-38-21-16-22-39-86)57(11)88(67)69(51(4)5)55(9)83-71(32-19-20-33-71)49-78-36-35-77-34-31-60(29-27-59-28-30-63(64(73)44-59)72(74,75)76)79-37-41-84(12)47-62(43-58-24-17-15-18-25-58)85(13)48-61-26-23-40-87(61)56(10)53(7)82-66/h28,30-31,34,37,41,44,47-48,50-58,65-69,77-78,80-83H,14-27,29,32-33,35-36,38-40,42-43,45-46,49H2,1-13H3/t52-,53?,54?,55?,56-,57?,65-,66+,67?,68-,69-/m0/s1. The highest BCUT2D eigenvalue weighted by Crippen LogP contribution is 2.41. The van der Waals surface area contributed by atoms with Gasteiger partial charge in [-0.15, -0.1) is 0 Å². The van der Waals surface area contributed by atoms with Crippen molar-refractivity contribution >= 4 is 11.6 Å². The smallest absolute Gasteiger partial charge is 0.390 e. The number of allylic oxidation sites excluding steroid dienone is 3. The number of piperidine rings is 1. The van der Waals surface area contributed by atoms with Gasteiger partial charge in [0.1, 0.15) is 5.82 Å². The van der Waals surface area contributed by atoms with Crippen molar-refractivity contribution in [3.8, 4) is 0 Å². The van der Waals surface area contributed by atoms with Crippen LogP contribution < -0.4 is 31.9 Å². The Morgan fingerprint density at radius 1 is 0.809 bits per heavy atom. The quantitative estimate of drug-likeness (QED) is 0.119. The van der Waals surface area contributed by atoms with Crippen molar-refractivity contribution in [1.82, 2.24) is 56.4 Å². The minimum atomic E-state index is -4.76. The normalized spacial score (nSPS) is 30.1. The summed E-state index contributed by atoms with van der Waals surface area (Å²) in [5.41, 5.74) is 2.51. The number of halogens is 4. The van der Waals surface area contributed by atoms with Gasteiger partial charge in [0.2, 0.25) is 5.91 Å². The Labute approximate surface area is 537 Å². The van der Waals surface area contributed by atoms with Gasteiger partial charge in [-0.3, -0.25) is 14.7 Å².